The molecule has 0 aliphatic carbocycles. The molecule has 0 amide bonds. The predicted molar refractivity (Wildman–Crippen MR) is 73.7 cm³/mol. The number of hydrogen-bond acceptors (Lipinski definition) is 3. The Morgan fingerprint density at radius 2 is 2.18 bits per heavy atom. The standard InChI is InChI=1S/C12H16N4S/c13-12(17)15-14-11-6-7-16(9-11)8-10-4-2-1-3-5-10/h1-5H,6-9H2,(H3,13,15,17). The molecule has 1 aliphatic rings. The summed E-state index contributed by atoms with van der Waals surface area (Å²) in [7, 11) is 0. The zero-order valence-electron chi connectivity index (χ0n) is 9.60. The van der Waals surface area contributed by atoms with Crippen LogP contribution < -0.4 is 11.2 Å². The Balaban J connectivity index is 1.86. The maximum atomic E-state index is 5.33. The fourth-order valence-corrected chi connectivity index (χ4v) is 1.95. The predicted octanol–water partition coefficient (Wildman–Crippen LogP) is 1.08. The van der Waals surface area contributed by atoms with Crippen LogP contribution in [0.15, 0.2) is 35.4 Å². The average molecular weight is 248 g/mol. The second kappa shape index (κ2) is 5.75. The number of nitrogens with zero attached hydrogens (tertiary/aromatic N) is 2. The highest BCUT2D eigenvalue weighted by Crippen LogP contribution is 2.10. The van der Waals surface area contributed by atoms with Gasteiger partial charge in [-0.2, -0.15) is 5.10 Å². The maximum absolute atomic E-state index is 5.33. The highest BCUT2D eigenvalue weighted by atomic mass is 32.1. The number of likely N-dealkylation sites (tertiary alicyclic amines) is 1. The number of hydrogen-bond donors (Lipinski definition) is 2. The van der Waals surface area contributed by atoms with Crippen LogP contribution in [0.2, 0.25) is 0 Å². The van der Waals surface area contributed by atoms with Crippen molar-refractivity contribution in [2.24, 2.45) is 10.8 Å². The summed E-state index contributed by atoms with van der Waals surface area (Å²) in [6.45, 7) is 2.88. The van der Waals surface area contributed by atoms with Gasteiger partial charge in [0.15, 0.2) is 5.11 Å². The van der Waals surface area contributed by atoms with Crippen molar-refractivity contribution in [2.45, 2.75) is 13.0 Å². The monoisotopic (exact) mass is 248 g/mol. The largest absolute Gasteiger partial charge is 0.375 e. The van der Waals surface area contributed by atoms with Crippen LogP contribution in [0.25, 0.3) is 0 Å². The van der Waals surface area contributed by atoms with Crippen LogP contribution in [0.1, 0.15) is 12.0 Å². The van der Waals surface area contributed by atoms with Gasteiger partial charge in [-0.15, -0.1) is 0 Å². The summed E-state index contributed by atoms with van der Waals surface area (Å²) >= 11 is 4.71. The number of benzene rings is 1. The molecule has 0 spiro atoms. The van der Waals surface area contributed by atoms with E-state index in [2.05, 4.69) is 39.7 Å². The van der Waals surface area contributed by atoms with Gasteiger partial charge >= 0.3 is 0 Å². The van der Waals surface area contributed by atoms with Gasteiger partial charge in [-0.05, 0) is 17.8 Å². The lowest BCUT2D eigenvalue weighted by Crippen LogP contribution is -2.26. The molecule has 0 bridgehead atoms. The Morgan fingerprint density at radius 1 is 1.41 bits per heavy atom. The van der Waals surface area contributed by atoms with Crippen molar-refractivity contribution in [3.8, 4) is 0 Å². The SMILES string of the molecule is NC(=S)NN=C1CCN(Cc2ccccc2)C1. The van der Waals surface area contributed by atoms with E-state index in [1.54, 1.807) is 0 Å². The summed E-state index contributed by atoms with van der Waals surface area (Å²) in [5.41, 5.74) is 10.4. The van der Waals surface area contributed by atoms with Crippen LogP contribution in [0, 0.1) is 0 Å². The fraction of sp³-hybridized carbons (Fsp3) is 0.333. The average Bonchev–Trinajstić information content (AvgIpc) is 2.75. The summed E-state index contributed by atoms with van der Waals surface area (Å²) < 4.78 is 0. The third kappa shape index (κ3) is 3.80. The molecule has 4 nitrogen and oxygen atoms in total. The number of hydrazone groups is 1. The van der Waals surface area contributed by atoms with Crippen molar-refractivity contribution in [1.82, 2.24) is 10.3 Å². The van der Waals surface area contributed by atoms with Crippen LogP contribution in [0.3, 0.4) is 0 Å². The summed E-state index contributed by atoms with van der Waals surface area (Å²) in [5, 5.41) is 4.39. The van der Waals surface area contributed by atoms with E-state index >= 15 is 0 Å². The number of thiocarbonyl (C=S) groups is 1. The van der Waals surface area contributed by atoms with E-state index < -0.39 is 0 Å². The van der Waals surface area contributed by atoms with Gasteiger partial charge in [0.2, 0.25) is 0 Å². The summed E-state index contributed by atoms with van der Waals surface area (Å²) in [5.74, 6) is 0. The topological polar surface area (TPSA) is 53.6 Å². The van der Waals surface area contributed by atoms with E-state index in [9.17, 15) is 0 Å². The van der Waals surface area contributed by atoms with E-state index in [1.165, 1.54) is 5.56 Å². The summed E-state index contributed by atoms with van der Waals surface area (Å²) in [4.78, 5) is 2.36. The Bertz CT molecular complexity index is 416. The minimum Gasteiger partial charge on any atom is -0.375 e. The molecule has 1 aliphatic heterocycles. The van der Waals surface area contributed by atoms with Crippen molar-refractivity contribution in [1.29, 1.82) is 0 Å². The quantitative estimate of drug-likeness (QED) is 0.621. The van der Waals surface area contributed by atoms with Crippen LogP contribution in [0.5, 0.6) is 0 Å². The third-order valence-corrected chi connectivity index (χ3v) is 2.79. The van der Waals surface area contributed by atoms with Crippen molar-refractivity contribution >= 4 is 23.0 Å². The lowest BCUT2D eigenvalue weighted by Gasteiger charge is -2.13. The molecule has 0 unspecified atom stereocenters. The third-order valence-electron chi connectivity index (χ3n) is 2.70. The van der Waals surface area contributed by atoms with E-state index in [-0.39, 0.29) is 5.11 Å². The molecular formula is C12H16N4S. The molecular weight excluding hydrogens is 232 g/mol. The van der Waals surface area contributed by atoms with Gasteiger partial charge in [0.1, 0.15) is 0 Å². The molecule has 1 heterocycles. The second-order valence-electron chi connectivity index (χ2n) is 4.10. The first-order chi connectivity index (χ1) is 8.24. The first-order valence-electron chi connectivity index (χ1n) is 5.61. The molecule has 0 atom stereocenters. The van der Waals surface area contributed by atoms with Crippen LogP contribution in [-0.4, -0.2) is 28.8 Å². The van der Waals surface area contributed by atoms with Gasteiger partial charge in [-0.25, -0.2) is 0 Å². The number of rotatable bonds is 3. The summed E-state index contributed by atoms with van der Waals surface area (Å²) in [6, 6.07) is 10.4. The maximum Gasteiger partial charge on any atom is 0.184 e. The molecule has 1 saturated heterocycles. The molecule has 3 N–H and O–H groups in total. The Hall–Kier alpha value is -1.46. The molecule has 1 fully saturated rings. The van der Waals surface area contributed by atoms with E-state index in [1.807, 2.05) is 6.07 Å². The number of nitrogens with one attached hydrogen (secondary N) is 1. The lowest BCUT2D eigenvalue weighted by molar-refractivity contribution is 0.341. The molecule has 17 heavy (non-hydrogen) atoms. The highest BCUT2D eigenvalue weighted by Gasteiger charge is 2.17. The smallest absolute Gasteiger partial charge is 0.184 e. The first kappa shape index (κ1) is 12.0. The van der Waals surface area contributed by atoms with Crippen LogP contribution in [0.4, 0.5) is 0 Å². The van der Waals surface area contributed by atoms with Gasteiger partial charge in [-0.1, -0.05) is 30.3 Å². The fourth-order valence-electron chi connectivity index (χ4n) is 1.91. The Labute approximate surface area is 106 Å². The van der Waals surface area contributed by atoms with Crippen LogP contribution >= 0.6 is 12.2 Å². The highest BCUT2D eigenvalue weighted by molar-refractivity contribution is 7.80. The van der Waals surface area contributed by atoms with Gasteiger partial charge in [0.05, 0.1) is 5.71 Å². The van der Waals surface area contributed by atoms with E-state index in [0.717, 1.165) is 31.8 Å². The molecule has 0 radical (unpaired) electrons. The molecule has 90 valence electrons. The van der Waals surface area contributed by atoms with Crippen molar-refractivity contribution < 1.29 is 0 Å². The van der Waals surface area contributed by atoms with Crippen molar-refractivity contribution in [2.75, 3.05) is 13.1 Å². The molecule has 1 aromatic carbocycles. The molecule has 0 aromatic heterocycles. The van der Waals surface area contributed by atoms with Crippen molar-refractivity contribution in [3.05, 3.63) is 35.9 Å². The normalized spacial score (nSPS) is 18.5. The second-order valence-corrected chi connectivity index (χ2v) is 4.54. The molecule has 1 aromatic rings. The van der Waals surface area contributed by atoms with Gasteiger partial charge < -0.3 is 5.73 Å². The molecule has 0 saturated carbocycles. The number of nitrogens with two attached hydrogens (primary N) is 1. The van der Waals surface area contributed by atoms with E-state index in [0.29, 0.717) is 0 Å². The van der Waals surface area contributed by atoms with Gasteiger partial charge in [0, 0.05) is 26.1 Å². The summed E-state index contributed by atoms with van der Waals surface area (Å²) in [6.07, 6.45) is 0.975. The van der Waals surface area contributed by atoms with Crippen LogP contribution in [-0.2, 0) is 6.54 Å². The lowest BCUT2D eigenvalue weighted by atomic mass is 10.2. The zero-order chi connectivity index (χ0) is 12.1. The van der Waals surface area contributed by atoms with Crippen molar-refractivity contribution in [3.63, 3.8) is 0 Å². The first-order valence-corrected chi connectivity index (χ1v) is 6.02. The Morgan fingerprint density at radius 3 is 2.88 bits per heavy atom. The van der Waals surface area contributed by atoms with Gasteiger partial charge in [0.25, 0.3) is 0 Å². The van der Waals surface area contributed by atoms with E-state index in [4.69, 9.17) is 18.0 Å². The molecule has 2 rings (SSSR count). The zero-order valence-corrected chi connectivity index (χ0v) is 10.4. The van der Waals surface area contributed by atoms with Gasteiger partial charge in [-0.3, -0.25) is 10.3 Å². The molecule has 5 heteroatoms. The minimum absolute atomic E-state index is 0.221. The minimum atomic E-state index is 0.221. The Kier molecular flexibility index (Phi) is 4.06.